The van der Waals surface area contributed by atoms with Crippen LogP contribution in [0.15, 0.2) is 45.5 Å². The summed E-state index contributed by atoms with van der Waals surface area (Å²) in [4.78, 5) is 2.17. The van der Waals surface area contributed by atoms with E-state index >= 15 is 0 Å². The Balaban J connectivity index is 2.24. The molecule has 0 unspecified atom stereocenters. The molecule has 0 spiro atoms. The molecule has 0 atom stereocenters. The zero-order valence-corrected chi connectivity index (χ0v) is 11.0. The lowest BCUT2D eigenvalue weighted by atomic mass is 10.1. The fraction of sp³-hybridized carbons (Fsp3) is 0.167. The van der Waals surface area contributed by atoms with E-state index in [2.05, 4.69) is 10.3 Å². The molecule has 0 fully saturated rings. The van der Waals surface area contributed by atoms with Crippen molar-refractivity contribution in [3.8, 4) is 0 Å². The van der Waals surface area contributed by atoms with Gasteiger partial charge in [-0.25, -0.2) is 0 Å². The molecule has 1 heterocycles. The van der Waals surface area contributed by atoms with Crippen LogP contribution >= 0.6 is 11.8 Å². The van der Waals surface area contributed by atoms with E-state index < -0.39 is 0 Å². The minimum Gasteiger partial charge on any atom is -0.409 e. The van der Waals surface area contributed by atoms with Crippen LogP contribution in [0.2, 0.25) is 0 Å². The fourth-order valence-corrected chi connectivity index (χ4v) is 2.58. The number of hydrogen-bond donors (Lipinski definition) is 2. The van der Waals surface area contributed by atoms with E-state index in [0.29, 0.717) is 0 Å². The molecule has 0 saturated heterocycles. The number of amidine groups is 1. The minimum absolute atomic E-state index is 0.130. The topological polar surface area (TPSA) is 76.4 Å². The van der Waals surface area contributed by atoms with Gasteiger partial charge < -0.3 is 10.9 Å². The number of aryl methyl sites for hydroxylation is 2. The summed E-state index contributed by atoms with van der Waals surface area (Å²) in [6.07, 6.45) is 3.77. The maximum atomic E-state index is 8.67. The molecule has 2 aromatic rings. The molecule has 0 radical (unpaired) electrons. The van der Waals surface area contributed by atoms with Crippen molar-refractivity contribution < 1.29 is 5.21 Å². The van der Waals surface area contributed by atoms with Gasteiger partial charge in [-0.1, -0.05) is 16.9 Å². The van der Waals surface area contributed by atoms with Crippen molar-refractivity contribution in [1.82, 2.24) is 9.78 Å². The summed E-state index contributed by atoms with van der Waals surface area (Å²) < 4.78 is 1.76. The van der Waals surface area contributed by atoms with Gasteiger partial charge in [0.15, 0.2) is 5.84 Å². The highest BCUT2D eigenvalue weighted by molar-refractivity contribution is 7.99. The number of oxime groups is 1. The summed E-state index contributed by atoms with van der Waals surface area (Å²) in [5, 5.41) is 15.8. The zero-order chi connectivity index (χ0) is 13.1. The molecule has 0 aliphatic rings. The van der Waals surface area contributed by atoms with Crippen molar-refractivity contribution in [1.29, 1.82) is 0 Å². The van der Waals surface area contributed by atoms with Crippen molar-refractivity contribution in [2.75, 3.05) is 0 Å². The second-order valence-corrected chi connectivity index (χ2v) is 5.06. The van der Waals surface area contributed by atoms with Gasteiger partial charge in [0.1, 0.15) is 0 Å². The lowest BCUT2D eigenvalue weighted by Crippen LogP contribution is -2.14. The van der Waals surface area contributed by atoms with E-state index in [4.69, 9.17) is 10.9 Å². The Morgan fingerprint density at radius 2 is 2.22 bits per heavy atom. The van der Waals surface area contributed by atoms with Crippen molar-refractivity contribution in [2.24, 2.45) is 17.9 Å². The SMILES string of the molecule is Cc1cc(Sc2cnn(C)c2)ccc1/C(N)=N/O. The summed E-state index contributed by atoms with van der Waals surface area (Å²) in [6, 6.07) is 5.80. The Bertz CT molecular complexity index is 592. The van der Waals surface area contributed by atoms with Crippen LogP contribution in [0.25, 0.3) is 0 Å². The van der Waals surface area contributed by atoms with Gasteiger partial charge in [0.2, 0.25) is 0 Å². The van der Waals surface area contributed by atoms with Gasteiger partial charge in [-0.2, -0.15) is 5.10 Å². The van der Waals surface area contributed by atoms with E-state index in [9.17, 15) is 0 Å². The predicted octanol–water partition coefficient (Wildman–Crippen LogP) is 1.97. The second kappa shape index (κ2) is 5.14. The Kier molecular flexibility index (Phi) is 3.57. The van der Waals surface area contributed by atoms with Crippen LogP contribution in [-0.2, 0) is 7.05 Å². The zero-order valence-electron chi connectivity index (χ0n) is 10.2. The Morgan fingerprint density at radius 3 is 2.78 bits per heavy atom. The maximum Gasteiger partial charge on any atom is 0.170 e. The fourth-order valence-electron chi connectivity index (χ4n) is 1.63. The molecular formula is C12H14N4OS. The largest absolute Gasteiger partial charge is 0.409 e. The van der Waals surface area contributed by atoms with Crippen LogP contribution < -0.4 is 5.73 Å². The first-order valence-electron chi connectivity index (χ1n) is 5.35. The van der Waals surface area contributed by atoms with Gasteiger partial charge >= 0.3 is 0 Å². The van der Waals surface area contributed by atoms with E-state index in [-0.39, 0.29) is 5.84 Å². The molecule has 0 saturated carbocycles. The first-order chi connectivity index (χ1) is 8.60. The summed E-state index contributed by atoms with van der Waals surface area (Å²) in [5.41, 5.74) is 7.30. The smallest absolute Gasteiger partial charge is 0.170 e. The summed E-state index contributed by atoms with van der Waals surface area (Å²) in [5.74, 6) is 0.130. The first-order valence-corrected chi connectivity index (χ1v) is 6.17. The van der Waals surface area contributed by atoms with Crippen molar-refractivity contribution in [3.05, 3.63) is 41.7 Å². The number of nitrogens with zero attached hydrogens (tertiary/aromatic N) is 3. The Hall–Kier alpha value is -1.95. The maximum absolute atomic E-state index is 8.67. The van der Waals surface area contributed by atoms with Crippen LogP contribution in [0.5, 0.6) is 0 Å². The number of aromatic nitrogens is 2. The van der Waals surface area contributed by atoms with Crippen LogP contribution in [0, 0.1) is 6.92 Å². The lowest BCUT2D eigenvalue weighted by molar-refractivity contribution is 0.318. The number of benzene rings is 1. The number of rotatable bonds is 3. The number of nitrogens with two attached hydrogens (primary N) is 1. The molecule has 0 bridgehead atoms. The van der Waals surface area contributed by atoms with Gasteiger partial charge in [0.25, 0.3) is 0 Å². The highest BCUT2D eigenvalue weighted by Crippen LogP contribution is 2.28. The monoisotopic (exact) mass is 262 g/mol. The molecule has 0 aliphatic heterocycles. The number of hydrogen-bond acceptors (Lipinski definition) is 4. The van der Waals surface area contributed by atoms with Gasteiger partial charge in [0.05, 0.1) is 11.1 Å². The predicted molar refractivity (Wildman–Crippen MR) is 71.0 cm³/mol. The molecule has 3 N–H and O–H groups in total. The quantitative estimate of drug-likeness (QED) is 0.384. The van der Waals surface area contributed by atoms with Crippen molar-refractivity contribution >= 4 is 17.6 Å². The third kappa shape index (κ3) is 2.65. The summed E-state index contributed by atoms with van der Waals surface area (Å²) >= 11 is 1.62. The minimum atomic E-state index is 0.130. The van der Waals surface area contributed by atoms with Crippen molar-refractivity contribution in [2.45, 2.75) is 16.7 Å². The highest BCUT2D eigenvalue weighted by Gasteiger charge is 2.06. The first kappa shape index (κ1) is 12.5. The molecule has 0 aliphatic carbocycles. The van der Waals surface area contributed by atoms with Crippen LogP contribution in [0.3, 0.4) is 0 Å². The van der Waals surface area contributed by atoms with Gasteiger partial charge in [0, 0.05) is 23.7 Å². The molecule has 5 nitrogen and oxygen atoms in total. The Labute approximate surface area is 109 Å². The van der Waals surface area contributed by atoms with Gasteiger partial charge in [-0.15, -0.1) is 0 Å². The van der Waals surface area contributed by atoms with Gasteiger partial charge in [-0.3, -0.25) is 4.68 Å². The molecule has 18 heavy (non-hydrogen) atoms. The Morgan fingerprint density at radius 1 is 1.44 bits per heavy atom. The second-order valence-electron chi connectivity index (χ2n) is 3.91. The van der Waals surface area contributed by atoms with E-state index in [1.807, 2.05) is 44.6 Å². The standard InChI is InChI=1S/C12H14N4OS/c1-8-5-9(3-4-11(8)12(13)15-17)18-10-6-14-16(2)7-10/h3-7,17H,1-2H3,(H2,13,15). The van der Waals surface area contributed by atoms with Gasteiger partial charge in [-0.05, 0) is 30.7 Å². The molecule has 0 amide bonds. The van der Waals surface area contributed by atoms with E-state index in [1.54, 1.807) is 16.4 Å². The molecule has 6 heteroatoms. The molecule has 1 aromatic heterocycles. The van der Waals surface area contributed by atoms with E-state index in [1.165, 1.54) is 0 Å². The molecule has 94 valence electrons. The summed E-state index contributed by atoms with van der Waals surface area (Å²) in [7, 11) is 1.89. The molecule has 2 rings (SSSR count). The average molecular weight is 262 g/mol. The van der Waals surface area contributed by atoms with Crippen LogP contribution in [0.4, 0.5) is 0 Å². The lowest BCUT2D eigenvalue weighted by Gasteiger charge is -2.06. The molecule has 1 aromatic carbocycles. The average Bonchev–Trinajstić information content (AvgIpc) is 2.74. The third-order valence-corrected chi connectivity index (χ3v) is 3.43. The third-order valence-electron chi connectivity index (χ3n) is 2.50. The normalized spacial score (nSPS) is 11.8. The highest BCUT2D eigenvalue weighted by atomic mass is 32.2. The van der Waals surface area contributed by atoms with Crippen molar-refractivity contribution in [3.63, 3.8) is 0 Å². The van der Waals surface area contributed by atoms with Crippen LogP contribution in [0.1, 0.15) is 11.1 Å². The molecular weight excluding hydrogens is 248 g/mol. The van der Waals surface area contributed by atoms with E-state index in [0.717, 1.165) is 20.9 Å². The summed E-state index contributed by atoms with van der Waals surface area (Å²) in [6.45, 7) is 1.93. The van der Waals surface area contributed by atoms with Crippen LogP contribution in [-0.4, -0.2) is 20.8 Å².